The van der Waals surface area contributed by atoms with Crippen LogP contribution in [-0.4, -0.2) is 47.6 Å². The van der Waals surface area contributed by atoms with Crippen LogP contribution in [0.5, 0.6) is 0 Å². The van der Waals surface area contributed by atoms with Crippen molar-refractivity contribution in [2.75, 3.05) is 19.6 Å². The van der Waals surface area contributed by atoms with Crippen LogP contribution in [0, 0.1) is 17.8 Å². The van der Waals surface area contributed by atoms with Gasteiger partial charge in [0.2, 0.25) is 15.9 Å². The molecule has 1 aliphatic carbocycles. The van der Waals surface area contributed by atoms with Crippen LogP contribution in [-0.2, 0) is 14.8 Å². The highest BCUT2D eigenvalue weighted by Gasteiger charge is 2.31. The van der Waals surface area contributed by atoms with E-state index in [1.54, 1.807) is 18.2 Å². The van der Waals surface area contributed by atoms with Crippen LogP contribution in [0.4, 0.5) is 0 Å². The van der Waals surface area contributed by atoms with Crippen LogP contribution in [0.3, 0.4) is 0 Å². The average molecular weight is 437 g/mol. The number of likely N-dealkylation sites (tertiary alicyclic amines) is 1. The van der Waals surface area contributed by atoms with Crippen molar-refractivity contribution in [2.45, 2.75) is 50.3 Å². The molecule has 2 heterocycles. The lowest BCUT2D eigenvalue weighted by atomic mass is 9.81. The molecule has 1 unspecified atom stereocenters. The Labute approximate surface area is 176 Å². The van der Waals surface area contributed by atoms with Crippen LogP contribution in [0.2, 0.25) is 0 Å². The zero-order valence-corrected chi connectivity index (χ0v) is 18.3. The fourth-order valence-electron chi connectivity index (χ4n) is 4.56. The number of carbonyl (C=O) groups is 1. The summed E-state index contributed by atoms with van der Waals surface area (Å²) in [6.07, 6.45) is 5.77. The molecule has 2 aliphatic rings. The molecule has 1 N–H and O–H groups in total. The minimum Gasteiger partial charge on any atom is -0.342 e. The zero-order chi connectivity index (χ0) is 20.4. The molecule has 1 saturated heterocycles. The van der Waals surface area contributed by atoms with Gasteiger partial charge in [0.15, 0.2) is 0 Å². The molecule has 158 valence electrons. The highest BCUT2D eigenvalue weighted by molar-refractivity contribution is 7.89. The summed E-state index contributed by atoms with van der Waals surface area (Å²) in [5.41, 5.74) is 1.03. The number of carbonyl (C=O) groups excluding carboxylic acids is 1. The molecule has 1 aliphatic heterocycles. The number of hydrogen-bond donors (Lipinski definition) is 1. The first kappa shape index (κ1) is 20.7. The molecule has 4 rings (SSSR count). The Kier molecular flexibility index (Phi) is 6.17. The Morgan fingerprint density at radius 2 is 2.00 bits per heavy atom. The topological polar surface area (TPSA) is 92.3 Å². The summed E-state index contributed by atoms with van der Waals surface area (Å²) in [5, 5.41) is 0. The fourth-order valence-corrected chi connectivity index (χ4v) is 6.45. The standard InChI is InChI=1S/C20H28N4O3S2/c1-14-4-3-11-24(13-14)20(25)16-9-7-15(8-10-16)12-21-29(26,27)18-6-2-5-17-19(18)23-28-22-17/h2,5-6,14-16,21H,3-4,7-13H2,1H3. The van der Waals surface area contributed by atoms with Crippen LogP contribution in [0.1, 0.15) is 45.4 Å². The largest absolute Gasteiger partial charge is 0.342 e. The second-order valence-electron chi connectivity index (χ2n) is 8.49. The average Bonchev–Trinajstić information content (AvgIpc) is 3.21. The Morgan fingerprint density at radius 3 is 2.76 bits per heavy atom. The van der Waals surface area contributed by atoms with Gasteiger partial charge in [-0.3, -0.25) is 4.79 Å². The summed E-state index contributed by atoms with van der Waals surface area (Å²) in [5.74, 6) is 1.26. The number of benzene rings is 1. The van der Waals surface area contributed by atoms with Crippen molar-refractivity contribution in [3.05, 3.63) is 18.2 Å². The Morgan fingerprint density at radius 1 is 1.21 bits per heavy atom. The molecule has 2 fully saturated rings. The number of hydrogen-bond acceptors (Lipinski definition) is 6. The minimum absolute atomic E-state index is 0.1000. The smallest absolute Gasteiger partial charge is 0.242 e. The third kappa shape index (κ3) is 4.62. The van der Waals surface area contributed by atoms with Gasteiger partial charge in [-0.25, -0.2) is 13.1 Å². The first-order chi connectivity index (χ1) is 13.9. The molecule has 29 heavy (non-hydrogen) atoms. The predicted molar refractivity (Wildman–Crippen MR) is 113 cm³/mol. The van der Waals surface area contributed by atoms with Crippen molar-refractivity contribution in [1.82, 2.24) is 18.4 Å². The van der Waals surface area contributed by atoms with Gasteiger partial charge >= 0.3 is 0 Å². The molecule has 7 nitrogen and oxygen atoms in total. The van der Waals surface area contributed by atoms with Crippen molar-refractivity contribution >= 4 is 38.7 Å². The summed E-state index contributed by atoms with van der Waals surface area (Å²) in [4.78, 5) is 15.0. The number of rotatable bonds is 5. The molecular formula is C20H28N4O3S2. The third-order valence-corrected chi connectivity index (χ3v) is 8.26. The van der Waals surface area contributed by atoms with E-state index >= 15 is 0 Å². The van der Waals surface area contributed by atoms with E-state index < -0.39 is 10.0 Å². The van der Waals surface area contributed by atoms with E-state index in [0.29, 0.717) is 29.4 Å². The molecule has 1 aromatic heterocycles. The van der Waals surface area contributed by atoms with Gasteiger partial charge < -0.3 is 4.90 Å². The maximum Gasteiger partial charge on any atom is 0.242 e. The lowest BCUT2D eigenvalue weighted by Gasteiger charge is -2.36. The van der Waals surface area contributed by atoms with Gasteiger partial charge in [0.25, 0.3) is 0 Å². The van der Waals surface area contributed by atoms with Crippen molar-refractivity contribution in [2.24, 2.45) is 17.8 Å². The molecular weight excluding hydrogens is 408 g/mol. The van der Waals surface area contributed by atoms with E-state index in [1.165, 1.54) is 6.42 Å². The van der Waals surface area contributed by atoms with E-state index in [2.05, 4.69) is 20.4 Å². The normalized spacial score (nSPS) is 26.0. The first-order valence-corrected chi connectivity index (χ1v) is 12.6. The first-order valence-electron chi connectivity index (χ1n) is 10.4. The molecule has 2 aromatic rings. The minimum atomic E-state index is -3.63. The molecule has 1 amide bonds. The number of sulfonamides is 1. The molecule has 0 spiro atoms. The van der Waals surface area contributed by atoms with Gasteiger partial charge in [-0.1, -0.05) is 13.0 Å². The molecule has 0 bridgehead atoms. The van der Waals surface area contributed by atoms with Crippen LogP contribution in [0.15, 0.2) is 23.1 Å². The van der Waals surface area contributed by atoms with Gasteiger partial charge in [0.1, 0.15) is 15.9 Å². The Bertz CT molecular complexity index is 967. The highest BCUT2D eigenvalue weighted by Crippen LogP contribution is 2.31. The number of nitrogens with one attached hydrogen (secondary N) is 1. The molecule has 1 atom stereocenters. The highest BCUT2D eigenvalue weighted by atomic mass is 32.2. The second-order valence-corrected chi connectivity index (χ2v) is 10.8. The van der Waals surface area contributed by atoms with Crippen molar-refractivity contribution in [1.29, 1.82) is 0 Å². The van der Waals surface area contributed by atoms with E-state index in [1.807, 2.05) is 4.90 Å². The number of nitrogens with zero attached hydrogens (tertiary/aromatic N) is 3. The number of piperidine rings is 1. The van der Waals surface area contributed by atoms with Gasteiger partial charge in [-0.15, -0.1) is 0 Å². The van der Waals surface area contributed by atoms with Crippen molar-refractivity contribution in [3.8, 4) is 0 Å². The second kappa shape index (κ2) is 8.65. The van der Waals surface area contributed by atoms with Crippen molar-refractivity contribution < 1.29 is 13.2 Å². The summed E-state index contributed by atoms with van der Waals surface area (Å²) in [7, 11) is -3.63. The molecule has 9 heteroatoms. The molecule has 1 saturated carbocycles. The fraction of sp³-hybridized carbons (Fsp3) is 0.650. The summed E-state index contributed by atoms with van der Waals surface area (Å²) in [6.45, 7) is 4.39. The van der Waals surface area contributed by atoms with E-state index in [-0.39, 0.29) is 16.7 Å². The quantitative estimate of drug-likeness (QED) is 0.778. The van der Waals surface area contributed by atoms with Crippen LogP contribution < -0.4 is 4.72 Å². The summed E-state index contributed by atoms with van der Waals surface area (Å²) >= 11 is 1.02. The molecule has 0 radical (unpaired) electrons. The maximum atomic E-state index is 12.8. The maximum absolute atomic E-state index is 12.8. The van der Waals surface area contributed by atoms with Crippen LogP contribution >= 0.6 is 11.7 Å². The molecule has 1 aromatic carbocycles. The summed E-state index contributed by atoms with van der Waals surface area (Å²) < 4.78 is 36.5. The Hall–Kier alpha value is -1.58. The van der Waals surface area contributed by atoms with Gasteiger partial charge in [0, 0.05) is 25.6 Å². The number of amides is 1. The lowest BCUT2D eigenvalue weighted by Crippen LogP contribution is -2.43. The Balaban J connectivity index is 1.31. The predicted octanol–water partition coefficient (Wildman–Crippen LogP) is 3.03. The number of aromatic nitrogens is 2. The number of fused-ring (bicyclic) bond motifs is 1. The zero-order valence-electron chi connectivity index (χ0n) is 16.7. The van der Waals surface area contributed by atoms with Gasteiger partial charge in [-0.2, -0.15) is 8.75 Å². The van der Waals surface area contributed by atoms with E-state index in [9.17, 15) is 13.2 Å². The monoisotopic (exact) mass is 436 g/mol. The van der Waals surface area contributed by atoms with E-state index in [0.717, 1.165) is 56.9 Å². The lowest BCUT2D eigenvalue weighted by molar-refractivity contribution is -0.138. The van der Waals surface area contributed by atoms with Crippen LogP contribution in [0.25, 0.3) is 11.0 Å². The van der Waals surface area contributed by atoms with Crippen molar-refractivity contribution in [3.63, 3.8) is 0 Å². The summed E-state index contributed by atoms with van der Waals surface area (Å²) in [6, 6.07) is 5.02. The SMILES string of the molecule is CC1CCCN(C(=O)C2CCC(CNS(=O)(=O)c3cccc4nsnc34)CC2)C1. The van der Waals surface area contributed by atoms with E-state index in [4.69, 9.17) is 0 Å². The van der Waals surface area contributed by atoms with Gasteiger partial charge in [0.05, 0.1) is 11.7 Å². The third-order valence-electron chi connectivity index (χ3n) is 6.27. The van der Waals surface area contributed by atoms with Gasteiger partial charge in [-0.05, 0) is 62.5 Å².